The molecule has 0 bridgehead atoms. The number of ether oxygens (including phenoxy) is 1. The lowest BCUT2D eigenvalue weighted by molar-refractivity contribution is 0.105. The van der Waals surface area contributed by atoms with Crippen LogP contribution in [0.15, 0.2) is 12.5 Å². The van der Waals surface area contributed by atoms with E-state index in [4.69, 9.17) is 4.74 Å². The molecule has 0 aliphatic heterocycles. The molecule has 1 N–H and O–H groups in total. The molecule has 1 heterocycles. The molecule has 0 aliphatic carbocycles. The fourth-order valence-corrected chi connectivity index (χ4v) is 1.75. The van der Waals surface area contributed by atoms with Crippen LogP contribution in [-0.2, 0) is 17.8 Å². The van der Waals surface area contributed by atoms with Gasteiger partial charge in [0.05, 0.1) is 12.0 Å². The van der Waals surface area contributed by atoms with Crippen LogP contribution in [-0.4, -0.2) is 29.3 Å². The summed E-state index contributed by atoms with van der Waals surface area (Å²) >= 11 is 0. The van der Waals surface area contributed by atoms with E-state index in [1.807, 2.05) is 12.5 Å². The van der Waals surface area contributed by atoms with Crippen molar-refractivity contribution in [2.75, 3.05) is 19.8 Å². The highest BCUT2D eigenvalue weighted by Gasteiger charge is 2.01. The van der Waals surface area contributed by atoms with Crippen LogP contribution in [0.3, 0.4) is 0 Å². The molecule has 0 radical (unpaired) electrons. The zero-order valence-corrected chi connectivity index (χ0v) is 12.0. The fourth-order valence-electron chi connectivity index (χ4n) is 1.75. The van der Waals surface area contributed by atoms with Gasteiger partial charge < -0.3 is 14.6 Å². The normalized spacial score (nSPS) is 11.3. The summed E-state index contributed by atoms with van der Waals surface area (Å²) in [5.74, 6) is 0.618. The first-order valence-electron chi connectivity index (χ1n) is 7.01. The lowest BCUT2D eigenvalue weighted by Gasteiger charge is -2.10. The summed E-state index contributed by atoms with van der Waals surface area (Å²) in [6.45, 7) is 11.2. The highest BCUT2D eigenvalue weighted by molar-refractivity contribution is 4.97. The molecule has 0 atom stereocenters. The van der Waals surface area contributed by atoms with E-state index in [9.17, 15) is 0 Å². The van der Waals surface area contributed by atoms with Crippen LogP contribution in [0.2, 0.25) is 0 Å². The molecule has 1 aromatic rings. The van der Waals surface area contributed by atoms with Crippen LogP contribution < -0.4 is 5.32 Å². The van der Waals surface area contributed by atoms with E-state index in [0.29, 0.717) is 5.92 Å². The van der Waals surface area contributed by atoms with Gasteiger partial charge in [-0.1, -0.05) is 20.8 Å². The van der Waals surface area contributed by atoms with Crippen molar-refractivity contribution in [3.05, 3.63) is 18.2 Å². The maximum atomic E-state index is 5.58. The van der Waals surface area contributed by atoms with Gasteiger partial charge in [-0.2, -0.15) is 0 Å². The van der Waals surface area contributed by atoms with Crippen LogP contribution in [0, 0.1) is 5.92 Å². The number of nitrogens with zero attached hydrogens (tertiary/aromatic N) is 2. The average molecular weight is 253 g/mol. The Morgan fingerprint density at radius 1 is 1.44 bits per heavy atom. The van der Waals surface area contributed by atoms with Gasteiger partial charge >= 0.3 is 0 Å². The lowest BCUT2D eigenvalue weighted by Crippen LogP contribution is -2.17. The largest absolute Gasteiger partial charge is 0.381 e. The average Bonchev–Trinajstić information content (AvgIpc) is 2.76. The predicted octanol–water partition coefficient (Wildman–Crippen LogP) is 2.45. The summed E-state index contributed by atoms with van der Waals surface area (Å²) in [7, 11) is 0. The Morgan fingerprint density at radius 2 is 2.28 bits per heavy atom. The van der Waals surface area contributed by atoms with Crippen molar-refractivity contribution in [2.45, 2.75) is 46.7 Å². The van der Waals surface area contributed by atoms with Crippen LogP contribution in [0.1, 0.15) is 39.3 Å². The van der Waals surface area contributed by atoms with Crippen LogP contribution >= 0.6 is 0 Å². The molecule has 0 saturated carbocycles. The van der Waals surface area contributed by atoms with Crippen LogP contribution in [0.25, 0.3) is 0 Å². The second-order valence-corrected chi connectivity index (χ2v) is 5.08. The smallest absolute Gasteiger partial charge is 0.0948 e. The van der Waals surface area contributed by atoms with E-state index in [0.717, 1.165) is 45.7 Å². The summed E-state index contributed by atoms with van der Waals surface area (Å²) in [5, 5.41) is 3.40. The molecule has 104 valence electrons. The van der Waals surface area contributed by atoms with Crippen molar-refractivity contribution >= 4 is 0 Å². The van der Waals surface area contributed by atoms with E-state index in [2.05, 4.69) is 35.6 Å². The van der Waals surface area contributed by atoms with Crippen molar-refractivity contribution < 1.29 is 4.74 Å². The van der Waals surface area contributed by atoms with E-state index in [1.54, 1.807) is 0 Å². The molecule has 1 aromatic heterocycles. The van der Waals surface area contributed by atoms with Gasteiger partial charge in [0.25, 0.3) is 0 Å². The van der Waals surface area contributed by atoms with Crippen molar-refractivity contribution in [3.63, 3.8) is 0 Å². The lowest BCUT2D eigenvalue weighted by atomic mass is 10.2. The zero-order valence-electron chi connectivity index (χ0n) is 12.0. The molecule has 1 rings (SSSR count). The Labute approximate surface area is 111 Å². The summed E-state index contributed by atoms with van der Waals surface area (Å²) < 4.78 is 7.79. The predicted molar refractivity (Wildman–Crippen MR) is 74.5 cm³/mol. The first kappa shape index (κ1) is 15.2. The highest BCUT2D eigenvalue weighted by atomic mass is 16.5. The number of aryl methyl sites for hydroxylation is 1. The second-order valence-electron chi connectivity index (χ2n) is 5.08. The highest BCUT2D eigenvalue weighted by Crippen LogP contribution is 2.01. The Kier molecular flexibility index (Phi) is 7.69. The zero-order chi connectivity index (χ0) is 13.2. The fraction of sp³-hybridized carbons (Fsp3) is 0.786. The van der Waals surface area contributed by atoms with E-state index in [-0.39, 0.29) is 0 Å². The van der Waals surface area contributed by atoms with Gasteiger partial charge in [-0.05, 0) is 25.3 Å². The van der Waals surface area contributed by atoms with Gasteiger partial charge in [0.2, 0.25) is 0 Å². The van der Waals surface area contributed by atoms with Crippen molar-refractivity contribution in [3.8, 4) is 0 Å². The minimum atomic E-state index is 0.618. The molecular weight excluding hydrogens is 226 g/mol. The topological polar surface area (TPSA) is 39.1 Å². The van der Waals surface area contributed by atoms with E-state index in [1.165, 1.54) is 5.69 Å². The number of nitrogens with one attached hydrogen (secondary N) is 1. The Balaban J connectivity index is 2.19. The standard InChI is InChI=1S/C14H27N3O/c1-4-6-15-9-14-10-16-12-17(14)7-5-8-18-11-13(2)3/h10,12-13,15H,4-9,11H2,1-3H3. The molecule has 4 heteroatoms. The van der Waals surface area contributed by atoms with Crippen LogP contribution in [0.4, 0.5) is 0 Å². The monoisotopic (exact) mass is 253 g/mol. The number of imidazole rings is 1. The van der Waals surface area contributed by atoms with Gasteiger partial charge in [0, 0.05) is 32.5 Å². The van der Waals surface area contributed by atoms with Gasteiger partial charge in [0.1, 0.15) is 0 Å². The van der Waals surface area contributed by atoms with Gasteiger partial charge in [-0.25, -0.2) is 4.98 Å². The number of rotatable bonds is 10. The molecule has 0 unspecified atom stereocenters. The van der Waals surface area contributed by atoms with Crippen molar-refractivity contribution in [1.82, 2.24) is 14.9 Å². The van der Waals surface area contributed by atoms with E-state index < -0.39 is 0 Å². The van der Waals surface area contributed by atoms with Crippen LogP contribution in [0.5, 0.6) is 0 Å². The third-order valence-electron chi connectivity index (χ3n) is 2.67. The summed E-state index contributed by atoms with van der Waals surface area (Å²) in [5.41, 5.74) is 1.26. The minimum absolute atomic E-state index is 0.618. The quantitative estimate of drug-likeness (QED) is 0.651. The first-order chi connectivity index (χ1) is 8.74. The van der Waals surface area contributed by atoms with E-state index >= 15 is 0 Å². The molecule has 0 spiro atoms. The molecule has 18 heavy (non-hydrogen) atoms. The van der Waals surface area contributed by atoms with Crippen molar-refractivity contribution in [1.29, 1.82) is 0 Å². The third-order valence-corrected chi connectivity index (χ3v) is 2.67. The summed E-state index contributed by atoms with van der Waals surface area (Å²) in [6.07, 6.45) is 6.06. The molecule has 0 saturated heterocycles. The van der Waals surface area contributed by atoms with Gasteiger partial charge in [-0.3, -0.25) is 0 Å². The van der Waals surface area contributed by atoms with Crippen molar-refractivity contribution in [2.24, 2.45) is 5.92 Å². The first-order valence-corrected chi connectivity index (χ1v) is 7.01. The minimum Gasteiger partial charge on any atom is -0.381 e. The summed E-state index contributed by atoms with van der Waals surface area (Å²) in [6, 6.07) is 0. The number of aromatic nitrogens is 2. The maximum absolute atomic E-state index is 5.58. The Bertz CT molecular complexity index is 310. The van der Waals surface area contributed by atoms with Gasteiger partial charge in [-0.15, -0.1) is 0 Å². The Morgan fingerprint density at radius 3 is 3.00 bits per heavy atom. The molecule has 0 aliphatic rings. The molecule has 0 amide bonds. The Hall–Kier alpha value is -0.870. The number of hydrogen-bond acceptors (Lipinski definition) is 3. The molecular formula is C14H27N3O. The number of hydrogen-bond donors (Lipinski definition) is 1. The SMILES string of the molecule is CCCNCc1cncn1CCCOCC(C)C. The molecule has 0 aromatic carbocycles. The molecule has 0 fully saturated rings. The third kappa shape index (κ3) is 6.17. The van der Waals surface area contributed by atoms with Gasteiger partial charge in [0.15, 0.2) is 0 Å². The maximum Gasteiger partial charge on any atom is 0.0948 e. The molecule has 4 nitrogen and oxygen atoms in total. The second kappa shape index (κ2) is 9.11. The summed E-state index contributed by atoms with van der Waals surface area (Å²) in [4.78, 5) is 4.21.